The van der Waals surface area contributed by atoms with Crippen molar-refractivity contribution in [2.45, 2.75) is 32.6 Å². The van der Waals surface area contributed by atoms with E-state index in [2.05, 4.69) is 10.3 Å². The summed E-state index contributed by atoms with van der Waals surface area (Å²) in [6.45, 7) is 4.04. The fourth-order valence-electron chi connectivity index (χ4n) is 2.01. The van der Waals surface area contributed by atoms with Crippen LogP contribution in [0.25, 0.3) is 0 Å². The molecule has 0 unspecified atom stereocenters. The molecule has 0 atom stereocenters. The van der Waals surface area contributed by atoms with E-state index in [9.17, 15) is 9.59 Å². The molecule has 0 aromatic carbocycles. The Bertz CT molecular complexity index is 534. The first-order valence-electron chi connectivity index (χ1n) is 6.92. The predicted molar refractivity (Wildman–Crippen MR) is 77.7 cm³/mol. The van der Waals surface area contributed by atoms with Gasteiger partial charge in [-0.25, -0.2) is 4.98 Å². The van der Waals surface area contributed by atoms with Crippen molar-refractivity contribution in [3.05, 3.63) is 23.4 Å². The molecule has 1 aliphatic rings. The monoisotopic (exact) mass is 275 g/mol. The number of nitrogens with zero attached hydrogens (tertiary/aromatic N) is 2. The number of nitrogens with one attached hydrogen (secondary N) is 1. The first-order valence-corrected chi connectivity index (χ1v) is 6.92. The maximum absolute atomic E-state index is 12.1. The Morgan fingerprint density at radius 3 is 2.50 bits per heavy atom. The maximum atomic E-state index is 12.1. The Morgan fingerprint density at radius 2 is 2.00 bits per heavy atom. The zero-order valence-electron chi connectivity index (χ0n) is 12.4. The van der Waals surface area contributed by atoms with Crippen LogP contribution in [0.15, 0.2) is 12.3 Å². The molecule has 1 fully saturated rings. The van der Waals surface area contributed by atoms with Crippen LogP contribution in [0.4, 0.5) is 5.82 Å². The highest BCUT2D eigenvalue weighted by Crippen LogP contribution is 2.30. The van der Waals surface area contributed by atoms with Gasteiger partial charge in [-0.1, -0.05) is 13.8 Å². The van der Waals surface area contributed by atoms with Gasteiger partial charge in [-0.15, -0.1) is 0 Å². The lowest BCUT2D eigenvalue weighted by atomic mass is 9.98. The van der Waals surface area contributed by atoms with E-state index >= 15 is 0 Å². The fraction of sp³-hybridized carbons (Fsp3) is 0.533. The average molecular weight is 275 g/mol. The quantitative estimate of drug-likeness (QED) is 0.916. The van der Waals surface area contributed by atoms with E-state index in [1.54, 1.807) is 20.3 Å². The van der Waals surface area contributed by atoms with Crippen LogP contribution in [0, 0.1) is 5.92 Å². The van der Waals surface area contributed by atoms with E-state index in [0.29, 0.717) is 11.4 Å². The van der Waals surface area contributed by atoms with Crippen molar-refractivity contribution in [3.63, 3.8) is 0 Å². The summed E-state index contributed by atoms with van der Waals surface area (Å²) < 4.78 is 0. The van der Waals surface area contributed by atoms with E-state index in [1.165, 1.54) is 4.90 Å². The minimum atomic E-state index is -0.0683. The molecule has 0 saturated heterocycles. The van der Waals surface area contributed by atoms with Gasteiger partial charge in [0, 0.05) is 26.2 Å². The lowest BCUT2D eigenvalue weighted by Gasteiger charge is -2.17. The molecule has 2 amide bonds. The van der Waals surface area contributed by atoms with Gasteiger partial charge in [0.25, 0.3) is 5.91 Å². The second kappa shape index (κ2) is 5.61. The number of carbonyl (C=O) groups is 2. The predicted octanol–water partition coefficient (Wildman–Crippen LogP) is 2.26. The van der Waals surface area contributed by atoms with Crippen LogP contribution in [0.5, 0.6) is 0 Å². The standard InChI is InChI=1S/C15H21N3O2/c1-9(2)11-7-13(17-14(19)10-5-6-10)16-8-12(11)15(20)18(3)4/h7-10H,5-6H2,1-4H3,(H,16,17,19). The van der Waals surface area contributed by atoms with Crippen molar-refractivity contribution in [3.8, 4) is 0 Å². The van der Waals surface area contributed by atoms with Gasteiger partial charge in [-0.05, 0) is 30.4 Å². The Morgan fingerprint density at radius 1 is 1.35 bits per heavy atom. The lowest BCUT2D eigenvalue weighted by Crippen LogP contribution is -2.24. The van der Waals surface area contributed by atoms with Crippen LogP contribution in [-0.2, 0) is 4.79 Å². The van der Waals surface area contributed by atoms with Crippen LogP contribution >= 0.6 is 0 Å². The topological polar surface area (TPSA) is 62.3 Å². The van der Waals surface area contributed by atoms with Crippen molar-refractivity contribution in [2.75, 3.05) is 19.4 Å². The van der Waals surface area contributed by atoms with Crippen LogP contribution in [-0.4, -0.2) is 35.8 Å². The number of rotatable bonds is 4. The van der Waals surface area contributed by atoms with Crippen LogP contribution in [0.3, 0.4) is 0 Å². The minimum absolute atomic E-state index is 0.0268. The number of aromatic nitrogens is 1. The van der Waals surface area contributed by atoms with Crippen molar-refractivity contribution in [2.24, 2.45) is 5.92 Å². The van der Waals surface area contributed by atoms with Gasteiger partial charge >= 0.3 is 0 Å². The van der Waals surface area contributed by atoms with Gasteiger partial charge in [0.15, 0.2) is 0 Å². The molecule has 0 radical (unpaired) electrons. The van der Waals surface area contributed by atoms with Crippen LogP contribution in [0.1, 0.15) is 48.5 Å². The summed E-state index contributed by atoms with van der Waals surface area (Å²) in [5.41, 5.74) is 1.50. The fourth-order valence-corrected chi connectivity index (χ4v) is 2.01. The summed E-state index contributed by atoms with van der Waals surface area (Å²) in [4.78, 5) is 29.6. The first kappa shape index (κ1) is 14.5. The summed E-state index contributed by atoms with van der Waals surface area (Å²) in [5.74, 6) is 0.817. The third-order valence-corrected chi connectivity index (χ3v) is 3.39. The minimum Gasteiger partial charge on any atom is -0.345 e. The van der Waals surface area contributed by atoms with Crippen molar-refractivity contribution in [1.29, 1.82) is 0 Å². The van der Waals surface area contributed by atoms with Gasteiger partial charge < -0.3 is 10.2 Å². The Hall–Kier alpha value is -1.91. The van der Waals surface area contributed by atoms with Crippen molar-refractivity contribution < 1.29 is 9.59 Å². The molecule has 1 N–H and O–H groups in total. The van der Waals surface area contributed by atoms with E-state index in [0.717, 1.165) is 18.4 Å². The molecule has 5 nitrogen and oxygen atoms in total. The molecule has 1 saturated carbocycles. The van der Waals surface area contributed by atoms with Gasteiger partial charge in [0.2, 0.25) is 5.91 Å². The second-order valence-electron chi connectivity index (χ2n) is 5.77. The summed E-state index contributed by atoms with van der Waals surface area (Å²) in [6, 6.07) is 1.81. The second-order valence-corrected chi connectivity index (χ2v) is 5.77. The lowest BCUT2D eigenvalue weighted by molar-refractivity contribution is -0.117. The number of hydrogen-bond donors (Lipinski definition) is 1. The first-order chi connectivity index (χ1) is 9.40. The highest BCUT2D eigenvalue weighted by atomic mass is 16.2. The van der Waals surface area contributed by atoms with Crippen LogP contribution < -0.4 is 5.32 Å². The normalized spacial score (nSPS) is 14.2. The molecule has 1 aliphatic carbocycles. The summed E-state index contributed by atoms with van der Waals surface area (Å²) in [6.07, 6.45) is 3.47. The van der Waals surface area contributed by atoms with Gasteiger partial charge in [0.1, 0.15) is 5.82 Å². The molecule has 1 heterocycles. The van der Waals surface area contributed by atoms with Crippen molar-refractivity contribution in [1.82, 2.24) is 9.88 Å². The van der Waals surface area contributed by atoms with Gasteiger partial charge in [0.05, 0.1) is 5.56 Å². The highest BCUT2D eigenvalue weighted by molar-refractivity contribution is 5.97. The zero-order valence-corrected chi connectivity index (χ0v) is 12.4. The number of pyridine rings is 1. The molecule has 0 spiro atoms. The molecule has 108 valence electrons. The summed E-state index contributed by atoms with van der Waals surface area (Å²) >= 11 is 0. The average Bonchev–Trinajstić information content (AvgIpc) is 3.21. The molecular formula is C15H21N3O2. The summed E-state index contributed by atoms with van der Waals surface area (Å²) in [7, 11) is 3.43. The number of hydrogen-bond acceptors (Lipinski definition) is 3. The number of anilines is 1. The molecule has 0 aliphatic heterocycles. The zero-order chi connectivity index (χ0) is 14.9. The number of amides is 2. The van der Waals surface area contributed by atoms with Crippen molar-refractivity contribution >= 4 is 17.6 Å². The Kier molecular flexibility index (Phi) is 4.06. The van der Waals surface area contributed by atoms with Gasteiger partial charge in [-0.3, -0.25) is 9.59 Å². The molecular weight excluding hydrogens is 254 g/mol. The largest absolute Gasteiger partial charge is 0.345 e. The number of carbonyl (C=O) groups excluding carboxylic acids is 2. The molecule has 1 aromatic heterocycles. The Labute approximate surface area is 119 Å². The molecule has 20 heavy (non-hydrogen) atoms. The van der Waals surface area contributed by atoms with E-state index in [1.807, 2.05) is 19.9 Å². The molecule has 5 heteroatoms. The SMILES string of the molecule is CC(C)c1cc(NC(=O)C2CC2)ncc1C(=O)N(C)C. The van der Waals surface area contributed by atoms with E-state index in [4.69, 9.17) is 0 Å². The summed E-state index contributed by atoms with van der Waals surface area (Å²) in [5, 5.41) is 2.82. The van der Waals surface area contributed by atoms with E-state index in [-0.39, 0.29) is 23.7 Å². The third-order valence-electron chi connectivity index (χ3n) is 3.39. The van der Waals surface area contributed by atoms with Gasteiger partial charge in [-0.2, -0.15) is 0 Å². The molecule has 1 aromatic rings. The molecule has 0 bridgehead atoms. The maximum Gasteiger partial charge on any atom is 0.255 e. The molecule has 2 rings (SSSR count). The van der Waals surface area contributed by atoms with Crippen LogP contribution in [0.2, 0.25) is 0 Å². The smallest absolute Gasteiger partial charge is 0.255 e. The highest BCUT2D eigenvalue weighted by Gasteiger charge is 2.30. The third kappa shape index (κ3) is 3.15. The Balaban J connectivity index is 2.27. The van der Waals surface area contributed by atoms with E-state index < -0.39 is 0 Å².